The van der Waals surface area contributed by atoms with E-state index in [-0.39, 0.29) is 4.13 Å². The van der Waals surface area contributed by atoms with Gasteiger partial charge in [-0.05, 0) is 19.6 Å². The van der Waals surface area contributed by atoms with E-state index in [1.807, 2.05) is 0 Å². The van der Waals surface area contributed by atoms with E-state index in [4.69, 9.17) is 0 Å². The Kier molecular flexibility index (Phi) is 8.74. The minimum absolute atomic E-state index is 0.212. The molecule has 0 fully saturated rings. The monoisotopic (exact) mass is 332 g/mol. The zero-order valence-corrected chi connectivity index (χ0v) is 12.2. The maximum atomic E-state index is 11.4. The predicted molar refractivity (Wildman–Crippen MR) is 61.6 cm³/mol. The molecule has 0 aromatic rings. The van der Waals surface area contributed by atoms with E-state index in [0.717, 1.165) is 0 Å². The number of hydrogen-bond acceptors (Lipinski definition) is 5. The highest BCUT2D eigenvalue weighted by molar-refractivity contribution is 8.03. The maximum Gasteiger partial charge on any atom is 0.512 e. The molecule has 6 nitrogen and oxygen atoms in total. The molecule has 0 atom stereocenters. The van der Waals surface area contributed by atoms with Gasteiger partial charge in [-0.3, -0.25) is 0 Å². The molecule has 0 aromatic carbocycles. The van der Waals surface area contributed by atoms with Crippen LogP contribution >= 0.6 is 0 Å². The summed E-state index contributed by atoms with van der Waals surface area (Å²) < 4.78 is 83.5. The van der Waals surface area contributed by atoms with Gasteiger partial charge >= 0.3 is 25.9 Å². The third-order valence-electron chi connectivity index (χ3n) is 1.86. The van der Waals surface area contributed by atoms with Crippen molar-refractivity contribution in [3.8, 4) is 0 Å². The van der Waals surface area contributed by atoms with Crippen LogP contribution in [0.15, 0.2) is 0 Å². The van der Waals surface area contributed by atoms with E-state index < -0.39 is 25.9 Å². The third-order valence-corrected chi connectivity index (χ3v) is 4.14. The van der Waals surface area contributed by atoms with Gasteiger partial charge in [0.15, 0.2) is 0 Å². The van der Waals surface area contributed by atoms with Gasteiger partial charge < -0.3 is 4.90 Å². The first-order valence-corrected chi connectivity index (χ1v) is 7.94. The normalized spacial score (nSPS) is 13.1. The first kappa shape index (κ1) is 20.8. The molecule has 0 bridgehead atoms. The second-order valence-electron chi connectivity index (χ2n) is 3.09. The second-order valence-corrected chi connectivity index (χ2v) is 6.10. The Morgan fingerprint density at radius 3 is 1.32 bits per heavy atom. The quantitative estimate of drug-likeness (QED) is 0.599. The lowest BCUT2D eigenvalue weighted by Crippen LogP contribution is -2.38. The molecule has 0 unspecified atom stereocenters. The van der Waals surface area contributed by atoms with Crippen LogP contribution in [0.3, 0.4) is 0 Å². The van der Waals surface area contributed by atoms with Gasteiger partial charge in [0, 0.05) is 0 Å². The summed E-state index contributed by atoms with van der Waals surface area (Å²) in [7, 11) is -12.1. The molecule has 0 aliphatic heterocycles. The summed E-state index contributed by atoms with van der Waals surface area (Å²) in [5, 5.41) is 0. The highest BCUT2D eigenvalue weighted by atomic mass is 32.3. The van der Waals surface area contributed by atoms with E-state index in [0.29, 0.717) is 0 Å². The van der Waals surface area contributed by atoms with Gasteiger partial charge in [-0.1, -0.05) is 28.8 Å². The van der Waals surface area contributed by atoms with Gasteiger partial charge in [-0.25, -0.2) is 8.42 Å². The molecule has 0 aromatic heterocycles. The molecule has 0 rings (SSSR count). The average Bonchev–Trinajstić information content (AvgIpc) is 2.15. The van der Waals surface area contributed by atoms with Crippen LogP contribution < -0.4 is 4.13 Å². The van der Waals surface area contributed by atoms with Crippen LogP contribution in [0.1, 0.15) is 20.8 Å². The van der Waals surface area contributed by atoms with Crippen molar-refractivity contribution in [2.24, 2.45) is 0 Å². The van der Waals surface area contributed by atoms with Crippen LogP contribution in [-0.2, 0) is 20.4 Å². The Balaban J connectivity index is 0. The molecule has 1 N–H and O–H groups in total. The molecule has 0 amide bonds. The van der Waals surface area contributed by atoms with Gasteiger partial charge in [0.2, 0.25) is 0 Å². The fourth-order valence-electron chi connectivity index (χ4n) is 0.849. The molecule has 0 saturated carbocycles. The van der Waals surface area contributed by atoms with Gasteiger partial charge in [0.25, 0.3) is 0 Å². The molecular weight excluding hydrogens is 316 g/mol. The van der Waals surface area contributed by atoms with Crippen molar-refractivity contribution < 1.29 is 33.9 Å². The van der Waals surface area contributed by atoms with Crippen LogP contribution in [0.5, 0.6) is 0 Å². The number of nitrogens with zero attached hydrogens (tertiary/aromatic N) is 1. The summed E-state index contributed by atoms with van der Waals surface area (Å²) >= 11 is 0. The summed E-state index contributed by atoms with van der Waals surface area (Å²) in [6.07, 6.45) is 0. The van der Waals surface area contributed by atoms with E-state index >= 15 is 0 Å². The number of sulfonamides is 1. The Hall–Kier alpha value is -0.460. The van der Waals surface area contributed by atoms with Crippen molar-refractivity contribution in [2.45, 2.75) is 26.3 Å². The topological polar surface area (TPSA) is 83.6 Å². The standard InChI is InChI=1S/C6H15N.CHF4NO4S2/c1-4-7(5-2)6-3;2-1(3,4)11(7,8)6-12(5,9)10/h4-6H2,1-3H3;6H. The lowest BCUT2D eigenvalue weighted by atomic mass is 10.5. The van der Waals surface area contributed by atoms with Crippen molar-refractivity contribution in [2.75, 3.05) is 19.6 Å². The van der Waals surface area contributed by atoms with Gasteiger partial charge in [-0.2, -0.15) is 21.6 Å². The highest BCUT2D eigenvalue weighted by Gasteiger charge is 2.48. The van der Waals surface area contributed by atoms with Crippen molar-refractivity contribution in [1.29, 1.82) is 0 Å². The molecular formula is C7H16F4N2O4S2. The first-order chi connectivity index (χ1) is 8.30. The van der Waals surface area contributed by atoms with Crippen molar-refractivity contribution in [1.82, 2.24) is 9.03 Å². The largest absolute Gasteiger partial charge is 0.512 e. The predicted octanol–water partition coefficient (Wildman–Crippen LogP) is 0.988. The van der Waals surface area contributed by atoms with Crippen LogP contribution in [0.25, 0.3) is 0 Å². The summed E-state index contributed by atoms with van der Waals surface area (Å²) in [6.45, 7) is 10.1. The van der Waals surface area contributed by atoms with Crippen LogP contribution in [0.2, 0.25) is 0 Å². The van der Waals surface area contributed by atoms with Crippen LogP contribution in [-0.4, -0.2) is 46.9 Å². The van der Waals surface area contributed by atoms with Crippen LogP contribution in [0.4, 0.5) is 17.1 Å². The minimum atomic E-state index is -6.17. The number of rotatable bonds is 5. The minimum Gasteiger partial charge on any atom is -0.304 e. The number of hydrogen-bond donors (Lipinski definition) is 1. The summed E-state index contributed by atoms with van der Waals surface area (Å²) in [6, 6.07) is 0. The first-order valence-electron chi connectivity index (χ1n) is 5.07. The molecule has 0 aliphatic carbocycles. The van der Waals surface area contributed by atoms with E-state index in [9.17, 15) is 33.9 Å². The molecule has 0 radical (unpaired) electrons. The fraction of sp³-hybridized carbons (Fsp3) is 1.00. The number of alkyl halides is 3. The smallest absolute Gasteiger partial charge is 0.304 e. The van der Waals surface area contributed by atoms with E-state index in [2.05, 4.69) is 25.7 Å². The number of halogens is 4. The van der Waals surface area contributed by atoms with Gasteiger partial charge in [0.1, 0.15) is 0 Å². The fourth-order valence-corrected chi connectivity index (χ4v) is 2.28. The maximum absolute atomic E-state index is 11.4. The molecule has 0 aliphatic rings. The summed E-state index contributed by atoms with van der Waals surface area (Å²) in [5.41, 5.74) is -5.86. The Morgan fingerprint density at radius 2 is 1.26 bits per heavy atom. The third kappa shape index (κ3) is 10.0. The molecule has 0 spiro atoms. The van der Waals surface area contributed by atoms with Gasteiger partial charge in [0.05, 0.1) is 0 Å². The zero-order valence-electron chi connectivity index (χ0n) is 10.5. The highest BCUT2D eigenvalue weighted by Crippen LogP contribution is 2.22. The SMILES string of the molecule is CCN(CC)CC.O=S(=O)(F)NS(=O)(=O)C(F)(F)F. The Bertz CT molecular complexity index is 437. The Morgan fingerprint density at radius 1 is 0.947 bits per heavy atom. The van der Waals surface area contributed by atoms with Crippen molar-refractivity contribution >= 4 is 20.4 Å². The molecule has 12 heteroatoms. The lowest BCUT2D eigenvalue weighted by molar-refractivity contribution is -0.0441. The van der Waals surface area contributed by atoms with Crippen LogP contribution in [0, 0.1) is 0 Å². The van der Waals surface area contributed by atoms with E-state index in [1.165, 1.54) is 19.6 Å². The lowest BCUT2D eigenvalue weighted by Gasteiger charge is -2.13. The molecule has 118 valence electrons. The second kappa shape index (κ2) is 7.97. The van der Waals surface area contributed by atoms with Crippen molar-refractivity contribution in [3.63, 3.8) is 0 Å². The summed E-state index contributed by atoms with van der Waals surface area (Å²) in [5.74, 6) is 0. The zero-order chi connectivity index (χ0) is 15.9. The van der Waals surface area contributed by atoms with Crippen molar-refractivity contribution in [3.05, 3.63) is 0 Å². The van der Waals surface area contributed by atoms with E-state index in [1.54, 1.807) is 0 Å². The average molecular weight is 332 g/mol. The molecule has 0 saturated heterocycles. The summed E-state index contributed by atoms with van der Waals surface area (Å²) in [4.78, 5) is 2.38. The number of nitrogens with one attached hydrogen (secondary N) is 1. The Labute approximate surface area is 110 Å². The molecule has 19 heavy (non-hydrogen) atoms. The molecule has 0 heterocycles. The van der Waals surface area contributed by atoms with Gasteiger partial charge in [-0.15, -0.1) is 0 Å².